The molecule has 0 rings (SSSR count). The van der Waals surface area contributed by atoms with Crippen LogP contribution in [-0.2, 0) is 23.8 Å². The number of amides is 3. The van der Waals surface area contributed by atoms with E-state index in [-0.39, 0.29) is 18.9 Å². The van der Waals surface area contributed by atoms with Gasteiger partial charge in [-0.25, -0.2) is 9.59 Å². The number of carbonyl (C=O) groups excluding carboxylic acids is 4. The molecule has 0 aromatic carbocycles. The van der Waals surface area contributed by atoms with Crippen molar-refractivity contribution in [2.45, 2.75) is 252 Å². The van der Waals surface area contributed by atoms with Crippen LogP contribution in [0.15, 0.2) is 0 Å². The van der Waals surface area contributed by atoms with Gasteiger partial charge in [-0.2, -0.15) is 0 Å². The molecule has 0 aliphatic heterocycles. The Hall–Kier alpha value is -2.52. The van der Waals surface area contributed by atoms with Gasteiger partial charge in [0.25, 0.3) is 0 Å². The second-order valence-electron chi connectivity index (χ2n) is 17.2. The SMILES string of the molecule is CCCCCCCCCCCCCCCCOC(=O)NCCCC[C@H](NC(=O)OCCCCCCCCCCCCCCCC)C(=O)NCCC(=O)OC(C)(C)C. The lowest BCUT2D eigenvalue weighted by Crippen LogP contribution is -2.47. The molecule has 0 radical (unpaired) electrons. The third-order valence-corrected chi connectivity index (χ3v) is 10.3. The molecular formula is C47H91N3O7. The largest absolute Gasteiger partial charge is 0.460 e. The van der Waals surface area contributed by atoms with Crippen LogP contribution in [0.25, 0.3) is 0 Å². The van der Waals surface area contributed by atoms with Gasteiger partial charge in [0.1, 0.15) is 11.6 Å². The second kappa shape index (κ2) is 40.3. The number of unbranched alkanes of at least 4 members (excludes halogenated alkanes) is 27. The van der Waals surface area contributed by atoms with E-state index in [0.717, 1.165) is 32.1 Å². The zero-order valence-corrected chi connectivity index (χ0v) is 37.9. The van der Waals surface area contributed by atoms with Crippen LogP contribution in [0.1, 0.15) is 240 Å². The molecule has 0 saturated carbocycles. The van der Waals surface area contributed by atoms with Crippen LogP contribution in [0.2, 0.25) is 0 Å². The third kappa shape index (κ3) is 41.4. The van der Waals surface area contributed by atoms with Gasteiger partial charge in [0.05, 0.1) is 19.6 Å². The Bertz CT molecular complexity index is 956. The van der Waals surface area contributed by atoms with Crippen molar-refractivity contribution in [2.24, 2.45) is 0 Å². The standard InChI is InChI=1S/C47H91N3O7/c1-6-8-10-12-14-16-18-20-22-24-26-28-30-34-40-55-45(53)49-38-33-32-36-42(44(52)48-39-37-43(51)57-47(3,4)5)50-46(54)56-41-35-31-29-27-25-23-21-19-17-15-13-11-9-7-2/h42H,6-41H2,1-5H3,(H,48,52)(H,49,53)(H,50,54)/t42-/m0/s1. The molecule has 336 valence electrons. The van der Waals surface area contributed by atoms with E-state index in [1.54, 1.807) is 20.8 Å². The van der Waals surface area contributed by atoms with E-state index in [1.165, 1.54) is 148 Å². The Balaban J connectivity index is 4.22. The maximum absolute atomic E-state index is 13.0. The fourth-order valence-electron chi connectivity index (χ4n) is 6.89. The summed E-state index contributed by atoms with van der Waals surface area (Å²) in [6.07, 6.45) is 36.1. The fraction of sp³-hybridized carbons (Fsp3) is 0.915. The van der Waals surface area contributed by atoms with Gasteiger partial charge in [0.2, 0.25) is 5.91 Å². The average molecular weight is 810 g/mol. The van der Waals surface area contributed by atoms with Gasteiger partial charge in [0.15, 0.2) is 0 Å². The van der Waals surface area contributed by atoms with E-state index < -0.39 is 29.8 Å². The molecule has 0 aromatic rings. The lowest BCUT2D eigenvalue weighted by Gasteiger charge is -2.20. The van der Waals surface area contributed by atoms with Gasteiger partial charge in [-0.3, -0.25) is 9.59 Å². The number of ether oxygens (including phenoxy) is 3. The van der Waals surface area contributed by atoms with Gasteiger partial charge in [-0.15, -0.1) is 0 Å². The zero-order chi connectivity index (χ0) is 42.1. The van der Waals surface area contributed by atoms with Gasteiger partial charge in [-0.05, 0) is 52.9 Å². The summed E-state index contributed by atoms with van der Waals surface area (Å²) in [5, 5.41) is 8.25. The molecule has 0 heterocycles. The van der Waals surface area contributed by atoms with Crippen molar-refractivity contribution in [1.29, 1.82) is 0 Å². The van der Waals surface area contributed by atoms with Crippen LogP contribution in [0.3, 0.4) is 0 Å². The van der Waals surface area contributed by atoms with Crippen molar-refractivity contribution in [1.82, 2.24) is 16.0 Å². The monoisotopic (exact) mass is 810 g/mol. The number of alkyl carbamates (subject to hydrolysis) is 2. The summed E-state index contributed by atoms with van der Waals surface area (Å²) < 4.78 is 16.1. The molecule has 0 fully saturated rings. The van der Waals surface area contributed by atoms with Gasteiger partial charge in [0, 0.05) is 13.1 Å². The van der Waals surface area contributed by atoms with E-state index in [1.807, 2.05) is 0 Å². The minimum absolute atomic E-state index is 0.0324. The Morgan fingerprint density at radius 2 is 0.842 bits per heavy atom. The predicted octanol–water partition coefficient (Wildman–Crippen LogP) is 12.8. The third-order valence-electron chi connectivity index (χ3n) is 10.3. The lowest BCUT2D eigenvalue weighted by atomic mass is 10.0. The highest BCUT2D eigenvalue weighted by atomic mass is 16.6. The molecule has 0 spiro atoms. The quantitative estimate of drug-likeness (QED) is 0.0319. The molecule has 10 nitrogen and oxygen atoms in total. The summed E-state index contributed by atoms with van der Waals surface area (Å²) in [6.45, 7) is 11.1. The second-order valence-corrected chi connectivity index (χ2v) is 17.2. The van der Waals surface area contributed by atoms with E-state index in [2.05, 4.69) is 29.8 Å². The van der Waals surface area contributed by atoms with E-state index in [4.69, 9.17) is 14.2 Å². The number of nitrogens with one attached hydrogen (secondary N) is 3. The van der Waals surface area contributed by atoms with Crippen molar-refractivity contribution >= 4 is 24.1 Å². The molecule has 0 bridgehead atoms. The highest BCUT2D eigenvalue weighted by molar-refractivity contribution is 5.85. The normalized spacial score (nSPS) is 11.9. The Morgan fingerprint density at radius 3 is 1.25 bits per heavy atom. The molecule has 0 aromatic heterocycles. The van der Waals surface area contributed by atoms with Crippen LogP contribution < -0.4 is 16.0 Å². The van der Waals surface area contributed by atoms with Crippen LogP contribution in [-0.4, -0.2) is 62.0 Å². The van der Waals surface area contributed by atoms with Crippen molar-refractivity contribution < 1.29 is 33.4 Å². The van der Waals surface area contributed by atoms with Crippen LogP contribution >= 0.6 is 0 Å². The summed E-state index contributed by atoms with van der Waals surface area (Å²) >= 11 is 0. The molecule has 0 saturated heterocycles. The molecule has 0 aliphatic carbocycles. The van der Waals surface area contributed by atoms with Crippen LogP contribution in [0.5, 0.6) is 0 Å². The number of carbonyl (C=O) groups is 4. The minimum Gasteiger partial charge on any atom is -0.460 e. The minimum atomic E-state index is -0.820. The highest BCUT2D eigenvalue weighted by Crippen LogP contribution is 2.15. The topological polar surface area (TPSA) is 132 Å². The van der Waals surface area contributed by atoms with E-state index in [0.29, 0.717) is 39.0 Å². The lowest BCUT2D eigenvalue weighted by molar-refractivity contribution is -0.154. The molecule has 0 unspecified atom stereocenters. The van der Waals surface area contributed by atoms with Crippen molar-refractivity contribution in [3.63, 3.8) is 0 Å². The number of hydrogen-bond donors (Lipinski definition) is 3. The molecule has 57 heavy (non-hydrogen) atoms. The first kappa shape index (κ1) is 54.5. The average Bonchev–Trinajstić information content (AvgIpc) is 3.16. The van der Waals surface area contributed by atoms with Gasteiger partial charge < -0.3 is 30.2 Å². The smallest absolute Gasteiger partial charge is 0.407 e. The highest BCUT2D eigenvalue weighted by Gasteiger charge is 2.22. The molecule has 1 atom stereocenters. The van der Waals surface area contributed by atoms with Gasteiger partial charge in [-0.1, -0.05) is 181 Å². The summed E-state index contributed by atoms with van der Waals surface area (Å²) in [7, 11) is 0. The Morgan fingerprint density at radius 1 is 0.456 bits per heavy atom. The van der Waals surface area contributed by atoms with E-state index >= 15 is 0 Å². The summed E-state index contributed by atoms with van der Waals surface area (Å²) in [4.78, 5) is 49.9. The van der Waals surface area contributed by atoms with Crippen LogP contribution in [0, 0.1) is 0 Å². The van der Waals surface area contributed by atoms with Crippen LogP contribution in [0.4, 0.5) is 9.59 Å². The first-order chi connectivity index (χ1) is 27.6. The summed E-state index contributed by atoms with van der Waals surface area (Å²) in [6, 6.07) is -0.820. The fourth-order valence-corrected chi connectivity index (χ4v) is 6.89. The van der Waals surface area contributed by atoms with Crippen molar-refractivity contribution in [3.05, 3.63) is 0 Å². The molecule has 0 aliphatic rings. The zero-order valence-electron chi connectivity index (χ0n) is 37.9. The van der Waals surface area contributed by atoms with Crippen molar-refractivity contribution in [2.75, 3.05) is 26.3 Å². The van der Waals surface area contributed by atoms with Crippen molar-refractivity contribution in [3.8, 4) is 0 Å². The number of rotatable bonds is 40. The van der Waals surface area contributed by atoms with E-state index in [9.17, 15) is 19.2 Å². The van der Waals surface area contributed by atoms with Gasteiger partial charge >= 0.3 is 18.2 Å². The molecule has 10 heteroatoms. The number of hydrogen-bond acceptors (Lipinski definition) is 7. The summed E-state index contributed by atoms with van der Waals surface area (Å²) in [5.74, 6) is -0.783. The maximum atomic E-state index is 13.0. The molecular weight excluding hydrogens is 719 g/mol. The molecule has 3 amide bonds. The maximum Gasteiger partial charge on any atom is 0.407 e. The number of esters is 1. The Labute approximate surface area is 350 Å². The summed E-state index contributed by atoms with van der Waals surface area (Å²) in [5.41, 5.74) is -0.603. The predicted molar refractivity (Wildman–Crippen MR) is 236 cm³/mol. The first-order valence-electron chi connectivity index (χ1n) is 23.9. The molecule has 3 N–H and O–H groups in total. The Kier molecular flexibility index (Phi) is 38.5. The first-order valence-corrected chi connectivity index (χ1v) is 23.9.